The van der Waals surface area contributed by atoms with E-state index in [0.29, 0.717) is 18.4 Å². The lowest BCUT2D eigenvalue weighted by Gasteiger charge is -2.37. The van der Waals surface area contributed by atoms with Crippen LogP contribution < -0.4 is 5.32 Å². The third-order valence-electron chi connectivity index (χ3n) is 4.13. The van der Waals surface area contributed by atoms with Gasteiger partial charge in [0.25, 0.3) is 5.91 Å². The predicted molar refractivity (Wildman–Crippen MR) is 76.6 cm³/mol. The summed E-state index contributed by atoms with van der Waals surface area (Å²) in [5.41, 5.74) is -0.686. The summed E-state index contributed by atoms with van der Waals surface area (Å²) < 4.78 is 13.8. The average molecular weight is 293 g/mol. The fourth-order valence-electron chi connectivity index (χ4n) is 3.00. The van der Waals surface area contributed by atoms with Crippen molar-refractivity contribution in [1.82, 2.24) is 5.32 Å². The highest BCUT2D eigenvalue weighted by Crippen LogP contribution is 2.33. The molecule has 0 radical (unpaired) electrons. The van der Waals surface area contributed by atoms with Gasteiger partial charge in [0.15, 0.2) is 0 Å². The van der Waals surface area contributed by atoms with Gasteiger partial charge in [0.05, 0.1) is 5.56 Å². The second-order valence-corrected chi connectivity index (χ2v) is 6.03. The van der Waals surface area contributed by atoms with Gasteiger partial charge in [-0.2, -0.15) is 0 Å². The molecule has 0 saturated heterocycles. The quantitative estimate of drug-likeness (QED) is 0.900. The first-order valence-electron chi connectivity index (χ1n) is 7.16. The molecule has 1 aromatic carbocycles. The normalized spacial score (nSPS) is 25.4. The maximum atomic E-state index is 13.8. The molecule has 0 aliphatic heterocycles. The van der Waals surface area contributed by atoms with Crippen LogP contribution in [0.1, 0.15) is 48.5 Å². The number of carboxylic acid groups (broad SMARTS) is 1. The smallest absolute Gasteiger partial charge is 0.329 e. The van der Waals surface area contributed by atoms with Gasteiger partial charge in [0.1, 0.15) is 11.4 Å². The number of nitrogens with one attached hydrogen (secondary N) is 1. The molecule has 1 saturated carbocycles. The number of amides is 1. The van der Waals surface area contributed by atoms with Crippen molar-refractivity contribution < 1.29 is 19.1 Å². The van der Waals surface area contributed by atoms with Gasteiger partial charge < -0.3 is 10.4 Å². The summed E-state index contributed by atoms with van der Waals surface area (Å²) in [6.45, 7) is 3.70. The van der Waals surface area contributed by atoms with Gasteiger partial charge in [-0.25, -0.2) is 9.18 Å². The zero-order chi connectivity index (χ0) is 15.6. The van der Waals surface area contributed by atoms with Gasteiger partial charge in [-0.3, -0.25) is 4.79 Å². The molecule has 114 valence electrons. The van der Waals surface area contributed by atoms with Crippen LogP contribution in [-0.4, -0.2) is 22.5 Å². The van der Waals surface area contributed by atoms with Gasteiger partial charge in [-0.05, 0) is 43.4 Å². The summed E-state index contributed by atoms with van der Waals surface area (Å²) in [6.07, 6.45) is 2.45. The second kappa shape index (κ2) is 5.84. The van der Waals surface area contributed by atoms with Crippen LogP contribution in [0.15, 0.2) is 18.2 Å². The number of hydrogen-bond donors (Lipinski definition) is 2. The molecule has 4 nitrogen and oxygen atoms in total. The zero-order valence-electron chi connectivity index (χ0n) is 12.3. The summed E-state index contributed by atoms with van der Waals surface area (Å²) in [6, 6.07) is 4.29. The molecule has 1 aliphatic carbocycles. The Morgan fingerprint density at radius 2 is 2.14 bits per heavy atom. The summed E-state index contributed by atoms with van der Waals surface area (Å²) in [5, 5.41) is 12.1. The largest absolute Gasteiger partial charge is 0.480 e. The highest BCUT2D eigenvalue weighted by atomic mass is 19.1. The molecule has 0 bridgehead atoms. The van der Waals surface area contributed by atoms with Crippen molar-refractivity contribution in [2.45, 2.75) is 45.1 Å². The van der Waals surface area contributed by atoms with Gasteiger partial charge in [-0.1, -0.05) is 25.8 Å². The Morgan fingerprint density at radius 1 is 1.43 bits per heavy atom. The first-order valence-corrected chi connectivity index (χ1v) is 7.16. The standard InChI is InChI=1S/C16H20FNO3/c1-10-5-6-12(13(17)8-10)14(19)18-16(15(20)21)7-3-4-11(2)9-16/h5-6,8,11H,3-4,7,9H2,1-2H3,(H,18,19)(H,20,21). The minimum atomic E-state index is -1.29. The molecule has 1 aliphatic rings. The van der Waals surface area contributed by atoms with Crippen LogP contribution >= 0.6 is 0 Å². The molecule has 0 spiro atoms. The van der Waals surface area contributed by atoms with Gasteiger partial charge in [0.2, 0.25) is 0 Å². The molecule has 2 atom stereocenters. The van der Waals surface area contributed by atoms with Crippen molar-refractivity contribution >= 4 is 11.9 Å². The third-order valence-corrected chi connectivity index (χ3v) is 4.13. The Labute approximate surface area is 123 Å². The number of halogens is 1. The SMILES string of the molecule is Cc1ccc(C(=O)NC2(C(=O)O)CCCC(C)C2)c(F)c1. The lowest BCUT2D eigenvalue weighted by Crippen LogP contribution is -2.56. The van der Waals surface area contributed by atoms with Crippen LogP contribution in [0.4, 0.5) is 4.39 Å². The maximum Gasteiger partial charge on any atom is 0.329 e. The van der Waals surface area contributed by atoms with E-state index in [1.54, 1.807) is 13.0 Å². The van der Waals surface area contributed by atoms with Gasteiger partial charge in [-0.15, -0.1) is 0 Å². The van der Waals surface area contributed by atoms with E-state index in [1.807, 2.05) is 6.92 Å². The molecule has 21 heavy (non-hydrogen) atoms. The molecule has 2 unspecified atom stereocenters. The van der Waals surface area contributed by atoms with Crippen molar-refractivity contribution in [2.24, 2.45) is 5.92 Å². The van der Waals surface area contributed by atoms with E-state index in [-0.39, 0.29) is 11.5 Å². The maximum absolute atomic E-state index is 13.8. The number of benzene rings is 1. The van der Waals surface area contributed by atoms with Gasteiger partial charge >= 0.3 is 5.97 Å². The summed E-state index contributed by atoms with van der Waals surface area (Å²) >= 11 is 0. The number of rotatable bonds is 3. The number of hydrogen-bond acceptors (Lipinski definition) is 2. The lowest BCUT2D eigenvalue weighted by molar-refractivity contribution is -0.146. The van der Waals surface area contributed by atoms with E-state index in [9.17, 15) is 19.1 Å². The molecular formula is C16H20FNO3. The van der Waals surface area contributed by atoms with Crippen molar-refractivity contribution in [2.75, 3.05) is 0 Å². The topological polar surface area (TPSA) is 66.4 Å². The summed E-state index contributed by atoms with van der Waals surface area (Å²) in [5.74, 6) is -2.12. The molecule has 2 rings (SSSR count). The van der Waals surface area contributed by atoms with E-state index in [1.165, 1.54) is 12.1 Å². The summed E-state index contributed by atoms with van der Waals surface area (Å²) in [7, 11) is 0. The van der Waals surface area contributed by atoms with Crippen LogP contribution in [0, 0.1) is 18.7 Å². The van der Waals surface area contributed by atoms with Gasteiger partial charge in [0, 0.05) is 0 Å². The molecule has 1 amide bonds. The molecule has 1 aromatic rings. The van der Waals surface area contributed by atoms with E-state index in [0.717, 1.165) is 12.8 Å². The first-order chi connectivity index (χ1) is 9.84. The monoisotopic (exact) mass is 293 g/mol. The first kappa shape index (κ1) is 15.5. The third kappa shape index (κ3) is 3.23. The number of aliphatic carboxylic acids is 1. The predicted octanol–water partition coefficient (Wildman–Crippen LogP) is 2.90. The summed E-state index contributed by atoms with van der Waals surface area (Å²) in [4.78, 5) is 23.9. The minimum Gasteiger partial charge on any atom is -0.480 e. The molecule has 5 heteroatoms. The van der Waals surface area contributed by atoms with Crippen LogP contribution in [0.2, 0.25) is 0 Å². The number of carbonyl (C=O) groups excluding carboxylic acids is 1. The molecular weight excluding hydrogens is 273 g/mol. The van der Waals surface area contributed by atoms with Crippen LogP contribution in [0.5, 0.6) is 0 Å². The van der Waals surface area contributed by atoms with E-state index in [2.05, 4.69) is 5.32 Å². The molecule has 0 heterocycles. The van der Waals surface area contributed by atoms with Crippen LogP contribution in [0.3, 0.4) is 0 Å². The van der Waals surface area contributed by atoms with Crippen molar-refractivity contribution in [3.05, 3.63) is 35.1 Å². The van der Waals surface area contributed by atoms with Crippen molar-refractivity contribution in [1.29, 1.82) is 0 Å². The average Bonchev–Trinajstić information content (AvgIpc) is 2.38. The number of aryl methyl sites for hydroxylation is 1. The fraction of sp³-hybridized carbons (Fsp3) is 0.500. The Kier molecular flexibility index (Phi) is 4.30. The van der Waals surface area contributed by atoms with E-state index < -0.39 is 23.2 Å². The molecule has 0 aromatic heterocycles. The Morgan fingerprint density at radius 3 is 2.71 bits per heavy atom. The highest BCUT2D eigenvalue weighted by Gasteiger charge is 2.43. The Hall–Kier alpha value is -1.91. The number of carboxylic acids is 1. The molecule has 1 fully saturated rings. The highest BCUT2D eigenvalue weighted by molar-refractivity contribution is 5.98. The van der Waals surface area contributed by atoms with Crippen molar-refractivity contribution in [3.63, 3.8) is 0 Å². The van der Waals surface area contributed by atoms with E-state index in [4.69, 9.17) is 0 Å². The van der Waals surface area contributed by atoms with Crippen molar-refractivity contribution in [3.8, 4) is 0 Å². The van der Waals surface area contributed by atoms with Crippen LogP contribution in [-0.2, 0) is 4.79 Å². The number of carbonyl (C=O) groups is 2. The Bertz CT molecular complexity index is 573. The second-order valence-electron chi connectivity index (χ2n) is 6.03. The Balaban J connectivity index is 2.24. The zero-order valence-corrected chi connectivity index (χ0v) is 12.3. The minimum absolute atomic E-state index is 0.112. The van der Waals surface area contributed by atoms with Crippen LogP contribution in [0.25, 0.3) is 0 Å². The van der Waals surface area contributed by atoms with E-state index >= 15 is 0 Å². The molecule has 2 N–H and O–H groups in total. The fourth-order valence-corrected chi connectivity index (χ4v) is 3.00. The lowest BCUT2D eigenvalue weighted by atomic mass is 9.76.